The molecule has 0 unspecified atom stereocenters. The second-order valence-electron chi connectivity index (χ2n) is 8.76. The fourth-order valence-electron chi connectivity index (χ4n) is 4.15. The third-order valence-electron chi connectivity index (χ3n) is 5.80. The average molecular weight is 467 g/mol. The number of hydrogen-bond donors (Lipinski definition) is 1. The zero-order valence-corrected chi connectivity index (χ0v) is 20.0. The highest BCUT2D eigenvalue weighted by Gasteiger charge is 2.18. The van der Waals surface area contributed by atoms with Gasteiger partial charge in [0, 0.05) is 30.2 Å². The van der Waals surface area contributed by atoms with Crippen molar-refractivity contribution in [2.24, 2.45) is 0 Å². The van der Waals surface area contributed by atoms with E-state index in [1.165, 1.54) is 17.7 Å². The van der Waals surface area contributed by atoms with Gasteiger partial charge in [-0.25, -0.2) is 19.3 Å². The van der Waals surface area contributed by atoms with Gasteiger partial charge in [-0.3, -0.25) is 4.40 Å². The summed E-state index contributed by atoms with van der Waals surface area (Å²) in [6.07, 6.45) is 4.71. The predicted octanol–water partition coefficient (Wildman–Crippen LogP) is 5.97. The molecule has 7 heteroatoms. The van der Waals surface area contributed by atoms with Crippen LogP contribution in [-0.4, -0.2) is 38.3 Å². The summed E-state index contributed by atoms with van der Waals surface area (Å²) in [4.78, 5) is 16.3. The molecule has 0 amide bonds. The van der Waals surface area contributed by atoms with E-state index in [0.29, 0.717) is 5.95 Å². The summed E-state index contributed by atoms with van der Waals surface area (Å²) in [5.74, 6) is 0.218. The maximum Gasteiger partial charge on any atom is 0.227 e. The molecule has 3 heterocycles. The summed E-state index contributed by atoms with van der Waals surface area (Å²) in [5, 5.41) is 3.32. The van der Waals surface area contributed by atoms with Crippen LogP contribution < -0.4 is 5.32 Å². The molecule has 2 aromatic carbocycles. The summed E-state index contributed by atoms with van der Waals surface area (Å²) < 4.78 is 15.7. The van der Waals surface area contributed by atoms with Crippen LogP contribution in [0.5, 0.6) is 0 Å². The van der Waals surface area contributed by atoms with E-state index in [9.17, 15) is 4.39 Å². The van der Waals surface area contributed by atoms with Gasteiger partial charge in [-0.05, 0) is 86.2 Å². The quantitative estimate of drug-likeness (QED) is 0.320. The highest BCUT2D eigenvalue weighted by atomic mass is 19.1. The van der Waals surface area contributed by atoms with Gasteiger partial charge < -0.3 is 10.2 Å². The first-order valence-electron chi connectivity index (χ1n) is 11.6. The Morgan fingerprint density at radius 2 is 1.77 bits per heavy atom. The molecule has 0 saturated carbocycles. The molecule has 0 fully saturated rings. The van der Waals surface area contributed by atoms with Gasteiger partial charge >= 0.3 is 0 Å². The van der Waals surface area contributed by atoms with Crippen molar-refractivity contribution in [3.8, 4) is 22.6 Å². The highest BCUT2D eigenvalue weighted by Crippen LogP contribution is 2.33. The number of fused-ring (bicyclic) bond motifs is 1. The fourth-order valence-corrected chi connectivity index (χ4v) is 4.15. The second-order valence-corrected chi connectivity index (χ2v) is 8.76. The molecule has 1 N–H and O–H groups in total. The summed E-state index contributed by atoms with van der Waals surface area (Å²) in [7, 11) is 4.08. The number of imidazole rings is 1. The Morgan fingerprint density at radius 3 is 2.54 bits per heavy atom. The topological polar surface area (TPSA) is 58.4 Å². The summed E-state index contributed by atoms with van der Waals surface area (Å²) >= 11 is 0. The van der Waals surface area contributed by atoms with Crippen LogP contribution in [0.25, 0.3) is 28.3 Å². The van der Waals surface area contributed by atoms with Crippen molar-refractivity contribution in [2.75, 3.05) is 19.4 Å². The number of nitrogens with one attached hydrogen (secondary N) is 1. The van der Waals surface area contributed by atoms with Crippen LogP contribution in [0.15, 0.2) is 79.1 Å². The number of anilines is 2. The molecule has 0 aliphatic heterocycles. The molecule has 0 aliphatic rings. The van der Waals surface area contributed by atoms with Crippen LogP contribution >= 0.6 is 0 Å². The molecule has 5 rings (SSSR count). The lowest BCUT2D eigenvalue weighted by molar-refractivity contribution is 0.402. The Labute approximate surface area is 204 Å². The largest absolute Gasteiger partial charge is 0.324 e. The third kappa shape index (κ3) is 4.90. The predicted molar refractivity (Wildman–Crippen MR) is 138 cm³/mol. The van der Waals surface area contributed by atoms with Crippen molar-refractivity contribution < 1.29 is 4.39 Å². The number of halogens is 1. The van der Waals surface area contributed by atoms with Crippen LogP contribution in [-0.2, 0) is 13.0 Å². The lowest BCUT2D eigenvalue weighted by atomic mass is 10.1. The molecule has 6 nitrogen and oxygen atoms in total. The van der Waals surface area contributed by atoms with E-state index in [-0.39, 0.29) is 5.82 Å². The Hall–Kier alpha value is -4.10. The normalized spacial score (nSPS) is 11.3. The Morgan fingerprint density at radius 1 is 0.943 bits per heavy atom. The Kier molecular flexibility index (Phi) is 6.25. The van der Waals surface area contributed by atoms with Crippen LogP contribution in [0, 0.1) is 5.82 Å². The van der Waals surface area contributed by atoms with E-state index >= 15 is 0 Å². The zero-order chi connectivity index (χ0) is 24.4. The number of aryl methyl sites for hydroxylation is 1. The zero-order valence-electron chi connectivity index (χ0n) is 20.0. The molecule has 0 saturated heterocycles. The smallest absolute Gasteiger partial charge is 0.227 e. The first-order chi connectivity index (χ1) is 17.0. The van der Waals surface area contributed by atoms with Crippen molar-refractivity contribution in [3.05, 3.63) is 96.1 Å². The average Bonchev–Trinajstić information content (AvgIpc) is 3.23. The Bertz CT molecular complexity index is 1470. The highest BCUT2D eigenvalue weighted by molar-refractivity contribution is 5.81. The SMILES string of the molecule is CCc1cccc(Nc2nccc(-c3c(-c4ccc(F)cc4)nc4cc(CN(C)C)ccn34)n2)c1. The summed E-state index contributed by atoms with van der Waals surface area (Å²) in [6.45, 7) is 2.94. The first kappa shape index (κ1) is 22.7. The van der Waals surface area contributed by atoms with Crippen LogP contribution in [0.2, 0.25) is 0 Å². The lowest BCUT2D eigenvalue weighted by Gasteiger charge is -2.11. The van der Waals surface area contributed by atoms with Gasteiger partial charge in [0.15, 0.2) is 0 Å². The minimum Gasteiger partial charge on any atom is -0.324 e. The minimum atomic E-state index is -0.282. The number of nitrogens with zero attached hydrogens (tertiary/aromatic N) is 5. The number of rotatable bonds is 7. The Balaban J connectivity index is 1.62. The van der Waals surface area contributed by atoms with Gasteiger partial charge in [-0.1, -0.05) is 19.1 Å². The molecule has 35 heavy (non-hydrogen) atoms. The van der Waals surface area contributed by atoms with Gasteiger partial charge in [0.1, 0.15) is 11.5 Å². The molecule has 0 aliphatic carbocycles. The van der Waals surface area contributed by atoms with Crippen molar-refractivity contribution in [1.82, 2.24) is 24.3 Å². The minimum absolute atomic E-state index is 0.282. The maximum absolute atomic E-state index is 13.7. The van der Waals surface area contributed by atoms with Gasteiger partial charge in [-0.2, -0.15) is 0 Å². The molecular formula is C28H27FN6. The fraction of sp³-hybridized carbons (Fsp3) is 0.179. The van der Waals surface area contributed by atoms with E-state index in [0.717, 1.165) is 52.5 Å². The molecular weight excluding hydrogens is 439 g/mol. The molecule has 0 bridgehead atoms. The van der Waals surface area contributed by atoms with Crippen molar-refractivity contribution in [1.29, 1.82) is 0 Å². The standard InChI is InChI=1S/C28H27FN6/c1-4-19-6-5-7-23(16-19)31-28-30-14-12-24(32-28)27-26(21-8-10-22(29)11-9-21)33-25-17-20(18-34(2)3)13-15-35(25)27/h5-17H,4,18H2,1-3H3,(H,30,31,32). The van der Waals surface area contributed by atoms with E-state index in [4.69, 9.17) is 9.97 Å². The molecule has 176 valence electrons. The molecule has 5 aromatic rings. The van der Waals surface area contributed by atoms with Crippen molar-refractivity contribution in [3.63, 3.8) is 0 Å². The van der Waals surface area contributed by atoms with E-state index < -0.39 is 0 Å². The maximum atomic E-state index is 13.7. The summed E-state index contributed by atoms with van der Waals surface area (Å²) in [5.41, 5.74) is 7.25. The van der Waals surface area contributed by atoms with Gasteiger partial charge in [0.25, 0.3) is 0 Å². The number of pyridine rings is 1. The van der Waals surface area contributed by atoms with E-state index in [1.807, 2.05) is 42.9 Å². The molecule has 3 aromatic heterocycles. The molecule has 0 radical (unpaired) electrons. The lowest BCUT2D eigenvalue weighted by Crippen LogP contribution is -2.10. The molecule has 0 spiro atoms. The number of aromatic nitrogens is 4. The van der Waals surface area contributed by atoms with E-state index in [2.05, 4.69) is 46.4 Å². The third-order valence-corrected chi connectivity index (χ3v) is 5.80. The van der Waals surface area contributed by atoms with Crippen LogP contribution in [0.3, 0.4) is 0 Å². The van der Waals surface area contributed by atoms with E-state index in [1.54, 1.807) is 18.3 Å². The summed E-state index contributed by atoms with van der Waals surface area (Å²) in [6, 6.07) is 20.7. The van der Waals surface area contributed by atoms with Gasteiger partial charge in [0.05, 0.1) is 17.1 Å². The number of benzene rings is 2. The van der Waals surface area contributed by atoms with Crippen LogP contribution in [0.1, 0.15) is 18.1 Å². The van der Waals surface area contributed by atoms with Crippen molar-refractivity contribution in [2.45, 2.75) is 19.9 Å². The monoisotopic (exact) mass is 466 g/mol. The molecule has 0 atom stereocenters. The van der Waals surface area contributed by atoms with Crippen LogP contribution in [0.4, 0.5) is 16.0 Å². The van der Waals surface area contributed by atoms with Gasteiger partial charge in [-0.15, -0.1) is 0 Å². The first-order valence-corrected chi connectivity index (χ1v) is 11.6. The van der Waals surface area contributed by atoms with Crippen molar-refractivity contribution >= 4 is 17.3 Å². The number of hydrogen-bond acceptors (Lipinski definition) is 5. The van der Waals surface area contributed by atoms with Gasteiger partial charge in [0.2, 0.25) is 5.95 Å². The second kappa shape index (κ2) is 9.64.